The molecule has 2 amide bonds. The lowest BCUT2D eigenvalue weighted by Gasteiger charge is -2.47. The Kier molecular flexibility index (Phi) is 7.50. The number of urea groups is 1. The van der Waals surface area contributed by atoms with Gasteiger partial charge in [0.1, 0.15) is 6.23 Å². The fraction of sp³-hybridized carbons (Fsp3) is 0.941. The van der Waals surface area contributed by atoms with Crippen molar-refractivity contribution < 1.29 is 9.53 Å². The Balaban J connectivity index is 2.25. The SMILES string of the molecule is CCCCCCCCCOC1N(C)C(=O)N(C)CC1(C)C. The highest BCUT2D eigenvalue weighted by molar-refractivity contribution is 5.75. The Bertz CT molecular complexity index is 318. The van der Waals surface area contributed by atoms with Gasteiger partial charge < -0.3 is 14.5 Å². The van der Waals surface area contributed by atoms with Gasteiger partial charge in [-0.1, -0.05) is 59.3 Å². The molecule has 0 saturated carbocycles. The van der Waals surface area contributed by atoms with Gasteiger partial charge in [0, 0.05) is 32.7 Å². The summed E-state index contributed by atoms with van der Waals surface area (Å²) in [5, 5.41) is 0. The molecule has 1 rings (SSSR count). The van der Waals surface area contributed by atoms with Crippen LogP contribution >= 0.6 is 0 Å². The van der Waals surface area contributed by atoms with Crippen molar-refractivity contribution in [3.63, 3.8) is 0 Å². The molecule has 1 atom stereocenters. The van der Waals surface area contributed by atoms with E-state index in [0.29, 0.717) is 0 Å². The van der Waals surface area contributed by atoms with E-state index in [1.807, 2.05) is 14.1 Å². The monoisotopic (exact) mass is 298 g/mol. The largest absolute Gasteiger partial charge is 0.358 e. The molecular formula is C17H34N2O2. The van der Waals surface area contributed by atoms with Crippen molar-refractivity contribution in [3.05, 3.63) is 0 Å². The minimum atomic E-state index is -0.110. The number of carbonyl (C=O) groups excluding carboxylic acids is 1. The molecule has 0 aromatic rings. The molecule has 1 saturated heterocycles. The minimum absolute atomic E-state index is 0.0292. The van der Waals surface area contributed by atoms with E-state index in [0.717, 1.165) is 19.6 Å². The molecule has 0 radical (unpaired) electrons. The maximum atomic E-state index is 12.0. The maximum Gasteiger partial charge on any atom is 0.321 e. The lowest BCUT2D eigenvalue weighted by molar-refractivity contribution is -0.125. The third-order valence-electron chi connectivity index (χ3n) is 4.32. The van der Waals surface area contributed by atoms with Crippen LogP contribution in [0, 0.1) is 5.41 Å². The molecule has 1 heterocycles. The van der Waals surface area contributed by atoms with Gasteiger partial charge in [-0.3, -0.25) is 0 Å². The van der Waals surface area contributed by atoms with Gasteiger partial charge in [-0.2, -0.15) is 0 Å². The highest BCUT2D eigenvalue weighted by Gasteiger charge is 2.42. The third kappa shape index (κ3) is 5.50. The normalized spacial score (nSPS) is 22.0. The Morgan fingerprint density at radius 1 is 1.10 bits per heavy atom. The first kappa shape index (κ1) is 18.3. The van der Waals surface area contributed by atoms with E-state index in [-0.39, 0.29) is 17.7 Å². The summed E-state index contributed by atoms with van der Waals surface area (Å²) < 4.78 is 6.04. The summed E-state index contributed by atoms with van der Waals surface area (Å²) in [5.41, 5.74) is -0.0292. The van der Waals surface area contributed by atoms with E-state index in [4.69, 9.17) is 4.74 Å². The van der Waals surface area contributed by atoms with E-state index in [2.05, 4.69) is 20.8 Å². The van der Waals surface area contributed by atoms with Gasteiger partial charge in [-0.15, -0.1) is 0 Å². The molecule has 21 heavy (non-hydrogen) atoms. The molecule has 1 unspecified atom stereocenters. The lowest BCUT2D eigenvalue weighted by atomic mass is 9.88. The van der Waals surface area contributed by atoms with Gasteiger partial charge in [0.2, 0.25) is 0 Å². The quantitative estimate of drug-likeness (QED) is 0.600. The molecule has 0 aromatic carbocycles. The number of carbonyl (C=O) groups is 1. The van der Waals surface area contributed by atoms with Crippen LogP contribution in [0.1, 0.15) is 65.7 Å². The molecule has 4 heteroatoms. The van der Waals surface area contributed by atoms with E-state index < -0.39 is 0 Å². The van der Waals surface area contributed by atoms with Crippen LogP contribution < -0.4 is 0 Å². The van der Waals surface area contributed by atoms with Crippen molar-refractivity contribution in [1.82, 2.24) is 9.80 Å². The number of rotatable bonds is 9. The summed E-state index contributed by atoms with van der Waals surface area (Å²) in [7, 11) is 3.70. The topological polar surface area (TPSA) is 32.8 Å². The van der Waals surface area contributed by atoms with E-state index in [1.54, 1.807) is 9.80 Å². The zero-order chi connectivity index (χ0) is 15.9. The second-order valence-corrected chi connectivity index (χ2v) is 7.08. The molecule has 4 nitrogen and oxygen atoms in total. The summed E-state index contributed by atoms with van der Waals surface area (Å²) in [6, 6.07) is 0.0545. The van der Waals surface area contributed by atoms with Crippen molar-refractivity contribution in [2.24, 2.45) is 5.41 Å². The predicted octanol–water partition coefficient (Wildman–Crippen LogP) is 4.10. The number of unbranched alkanes of at least 4 members (excludes halogenated alkanes) is 6. The zero-order valence-corrected chi connectivity index (χ0v) is 14.7. The summed E-state index contributed by atoms with van der Waals surface area (Å²) in [6.07, 6.45) is 8.87. The van der Waals surface area contributed by atoms with Crippen LogP contribution in [0.25, 0.3) is 0 Å². The van der Waals surface area contributed by atoms with Crippen molar-refractivity contribution in [2.75, 3.05) is 27.2 Å². The van der Waals surface area contributed by atoms with Gasteiger partial charge in [0.25, 0.3) is 0 Å². The fourth-order valence-electron chi connectivity index (χ4n) is 3.24. The molecule has 0 bridgehead atoms. The van der Waals surface area contributed by atoms with Crippen LogP contribution in [-0.2, 0) is 4.74 Å². The van der Waals surface area contributed by atoms with Crippen molar-refractivity contribution in [2.45, 2.75) is 71.9 Å². The smallest absolute Gasteiger partial charge is 0.321 e. The van der Waals surface area contributed by atoms with Gasteiger partial charge in [-0.25, -0.2) is 4.79 Å². The zero-order valence-electron chi connectivity index (χ0n) is 14.7. The Morgan fingerprint density at radius 3 is 2.29 bits per heavy atom. The van der Waals surface area contributed by atoms with Crippen LogP contribution in [0.2, 0.25) is 0 Å². The molecule has 0 aliphatic carbocycles. The maximum absolute atomic E-state index is 12.0. The highest BCUT2D eigenvalue weighted by atomic mass is 16.5. The summed E-state index contributed by atoms with van der Waals surface area (Å²) in [6.45, 7) is 8.08. The van der Waals surface area contributed by atoms with Crippen LogP contribution in [0.5, 0.6) is 0 Å². The van der Waals surface area contributed by atoms with Crippen LogP contribution in [0.3, 0.4) is 0 Å². The minimum Gasteiger partial charge on any atom is -0.358 e. The molecule has 1 fully saturated rings. The summed E-state index contributed by atoms with van der Waals surface area (Å²) in [4.78, 5) is 15.5. The molecule has 1 aliphatic rings. The van der Waals surface area contributed by atoms with Crippen LogP contribution in [-0.4, -0.2) is 49.3 Å². The number of ether oxygens (including phenoxy) is 1. The second kappa shape index (κ2) is 8.62. The molecule has 0 spiro atoms. The number of amides is 2. The van der Waals surface area contributed by atoms with E-state index >= 15 is 0 Å². The third-order valence-corrected chi connectivity index (χ3v) is 4.32. The van der Waals surface area contributed by atoms with E-state index in [9.17, 15) is 4.79 Å². The molecule has 124 valence electrons. The molecule has 0 N–H and O–H groups in total. The highest BCUT2D eigenvalue weighted by Crippen LogP contribution is 2.31. The van der Waals surface area contributed by atoms with Gasteiger partial charge >= 0.3 is 6.03 Å². The fourth-order valence-corrected chi connectivity index (χ4v) is 3.24. The van der Waals surface area contributed by atoms with Gasteiger partial charge in [0.05, 0.1) is 0 Å². The second-order valence-electron chi connectivity index (χ2n) is 7.08. The predicted molar refractivity (Wildman–Crippen MR) is 87.3 cm³/mol. The first-order valence-corrected chi connectivity index (χ1v) is 8.49. The van der Waals surface area contributed by atoms with E-state index in [1.165, 1.54) is 38.5 Å². The van der Waals surface area contributed by atoms with Gasteiger partial charge in [0.15, 0.2) is 0 Å². The summed E-state index contributed by atoms with van der Waals surface area (Å²) >= 11 is 0. The van der Waals surface area contributed by atoms with Crippen molar-refractivity contribution >= 4 is 6.03 Å². The number of nitrogens with zero attached hydrogens (tertiary/aromatic N) is 2. The van der Waals surface area contributed by atoms with Crippen molar-refractivity contribution in [1.29, 1.82) is 0 Å². The molecular weight excluding hydrogens is 264 g/mol. The Labute approximate surface area is 130 Å². The first-order chi connectivity index (χ1) is 9.90. The standard InChI is InChI=1S/C17H34N2O2/c1-6-7-8-9-10-11-12-13-21-15-17(2,3)14-18(4)16(20)19(15)5/h15H,6-14H2,1-5H3. The van der Waals surface area contributed by atoms with Crippen LogP contribution in [0.15, 0.2) is 0 Å². The van der Waals surface area contributed by atoms with Gasteiger partial charge in [-0.05, 0) is 6.42 Å². The summed E-state index contributed by atoms with van der Waals surface area (Å²) in [5.74, 6) is 0. The number of hydrogen-bond donors (Lipinski definition) is 0. The average Bonchev–Trinajstić information content (AvgIpc) is 2.42. The molecule has 0 aromatic heterocycles. The van der Waals surface area contributed by atoms with Crippen molar-refractivity contribution in [3.8, 4) is 0 Å². The Hall–Kier alpha value is -0.770. The lowest BCUT2D eigenvalue weighted by Crippen LogP contribution is -2.61. The molecule has 1 aliphatic heterocycles. The number of hydrogen-bond acceptors (Lipinski definition) is 2. The first-order valence-electron chi connectivity index (χ1n) is 8.49. The van der Waals surface area contributed by atoms with Crippen LogP contribution in [0.4, 0.5) is 4.79 Å². The average molecular weight is 298 g/mol. The Morgan fingerprint density at radius 2 is 1.67 bits per heavy atom.